The van der Waals surface area contributed by atoms with Gasteiger partial charge in [0.15, 0.2) is 0 Å². The lowest BCUT2D eigenvalue weighted by Crippen LogP contribution is -2.41. The van der Waals surface area contributed by atoms with Crippen LogP contribution >= 0.6 is 0 Å². The van der Waals surface area contributed by atoms with E-state index in [1.807, 2.05) is 6.92 Å². The molecule has 4 nitrogen and oxygen atoms in total. The molecule has 0 aliphatic heterocycles. The van der Waals surface area contributed by atoms with Crippen LogP contribution in [-0.2, 0) is 0 Å². The lowest BCUT2D eigenvalue weighted by Gasteiger charge is -2.30. The maximum absolute atomic E-state index is 10.3. The number of carboxylic acid groups (broad SMARTS) is 1. The number of rotatable bonds is 1. The highest BCUT2D eigenvalue weighted by atomic mass is 16.4. The molecular weight excluding hydrogens is 158 g/mol. The number of aliphatic hydroxyl groups is 1. The minimum atomic E-state index is -0.998. The molecule has 0 aromatic heterocycles. The third-order valence-electron chi connectivity index (χ3n) is 2.48. The molecule has 70 valence electrons. The van der Waals surface area contributed by atoms with Crippen molar-refractivity contribution >= 4 is 6.09 Å². The molecule has 0 aromatic rings. The highest BCUT2D eigenvalue weighted by molar-refractivity contribution is 5.64. The number of hydrogen-bond donors (Lipinski definition) is 3. The summed E-state index contributed by atoms with van der Waals surface area (Å²) in [5, 5.41) is 20.2. The summed E-state index contributed by atoms with van der Waals surface area (Å²) in [6.07, 6.45) is 0.932. The highest BCUT2D eigenvalue weighted by Crippen LogP contribution is 2.23. The molecule has 1 amide bonds. The van der Waals surface area contributed by atoms with Crippen molar-refractivity contribution in [3.63, 3.8) is 0 Å². The van der Waals surface area contributed by atoms with E-state index in [1.165, 1.54) is 0 Å². The van der Waals surface area contributed by atoms with Gasteiger partial charge in [0, 0.05) is 6.04 Å². The van der Waals surface area contributed by atoms with Crippen LogP contribution in [0.1, 0.15) is 26.2 Å². The van der Waals surface area contributed by atoms with Crippen molar-refractivity contribution in [2.24, 2.45) is 5.92 Å². The van der Waals surface area contributed by atoms with Gasteiger partial charge in [-0.05, 0) is 25.2 Å². The van der Waals surface area contributed by atoms with Gasteiger partial charge in [0.05, 0.1) is 6.10 Å². The zero-order valence-corrected chi connectivity index (χ0v) is 7.16. The first-order valence-corrected chi connectivity index (χ1v) is 4.27. The monoisotopic (exact) mass is 173 g/mol. The van der Waals surface area contributed by atoms with Crippen LogP contribution in [-0.4, -0.2) is 28.5 Å². The van der Waals surface area contributed by atoms with Gasteiger partial charge in [0.25, 0.3) is 0 Å². The van der Waals surface area contributed by atoms with Crippen molar-refractivity contribution in [1.29, 1.82) is 0 Å². The zero-order chi connectivity index (χ0) is 9.14. The summed E-state index contributed by atoms with van der Waals surface area (Å²) < 4.78 is 0. The van der Waals surface area contributed by atoms with E-state index in [2.05, 4.69) is 5.32 Å². The molecule has 1 fully saturated rings. The second kappa shape index (κ2) is 3.76. The van der Waals surface area contributed by atoms with Crippen molar-refractivity contribution in [2.45, 2.75) is 38.3 Å². The largest absolute Gasteiger partial charge is 0.465 e. The van der Waals surface area contributed by atoms with Gasteiger partial charge in [0.1, 0.15) is 0 Å². The van der Waals surface area contributed by atoms with Crippen LogP contribution in [0.4, 0.5) is 4.79 Å². The Balaban J connectivity index is 2.35. The minimum Gasteiger partial charge on any atom is -0.465 e. The number of nitrogens with one attached hydrogen (secondary N) is 1. The fraction of sp³-hybridized carbons (Fsp3) is 0.875. The molecule has 3 atom stereocenters. The molecular formula is C8H15NO3. The summed E-state index contributed by atoms with van der Waals surface area (Å²) in [4.78, 5) is 10.3. The molecule has 0 aromatic carbocycles. The molecule has 0 bridgehead atoms. The van der Waals surface area contributed by atoms with Gasteiger partial charge in [0.2, 0.25) is 0 Å². The molecule has 0 spiro atoms. The molecule has 0 unspecified atom stereocenters. The lowest BCUT2D eigenvalue weighted by atomic mass is 9.85. The quantitative estimate of drug-likeness (QED) is 0.549. The first-order chi connectivity index (χ1) is 5.59. The first-order valence-electron chi connectivity index (χ1n) is 4.27. The van der Waals surface area contributed by atoms with Crippen LogP contribution < -0.4 is 5.32 Å². The molecule has 1 aliphatic carbocycles. The normalized spacial score (nSPS) is 36.0. The highest BCUT2D eigenvalue weighted by Gasteiger charge is 2.26. The first kappa shape index (κ1) is 9.32. The summed E-state index contributed by atoms with van der Waals surface area (Å²) >= 11 is 0. The summed E-state index contributed by atoms with van der Waals surface area (Å²) in [7, 11) is 0. The van der Waals surface area contributed by atoms with E-state index in [9.17, 15) is 9.90 Å². The van der Waals surface area contributed by atoms with Gasteiger partial charge < -0.3 is 15.5 Å². The number of aliphatic hydroxyl groups excluding tert-OH is 1. The number of carbonyl (C=O) groups is 1. The van der Waals surface area contributed by atoms with Crippen molar-refractivity contribution in [3.05, 3.63) is 0 Å². The Morgan fingerprint density at radius 1 is 1.50 bits per heavy atom. The summed E-state index contributed by atoms with van der Waals surface area (Å²) in [6.45, 7) is 1.99. The van der Waals surface area contributed by atoms with Crippen molar-refractivity contribution in [3.8, 4) is 0 Å². The van der Waals surface area contributed by atoms with Crippen molar-refractivity contribution in [2.75, 3.05) is 0 Å². The van der Waals surface area contributed by atoms with Gasteiger partial charge in [-0.3, -0.25) is 0 Å². The molecule has 12 heavy (non-hydrogen) atoms. The maximum atomic E-state index is 10.3. The van der Waals surface area contributed by atoms with E-state index >= 15 is 0 Å². The van der Waals surface area contributed by atoms with Crippen molar-refractivity contribution < 1.29 is 15.0 Å². The SMILES string of the molecule is C[C@H]1CC[C@H](NC(=O)O)C[C@@H]1O. The molecule has 1 aliphatic rings. The summed E-state index contributed by atoms with van der Waals surface area (Å²) in [5.41, 5.74) is 0. The fourth-order valence-electron chi connectivity index (χ4n) is 1.60. The molecule has 0 saturated heterocycles. The van der Waals surface area contributed by atoms with Gasteiger partial charge in [-0.2, -0.15) is 0 Å². The molecule has 0 heterocycles. The van der Waals surface area contributed by atoms with E-state index < -0.39 is 6.09 Å². The predicted octanol–water partition coefficient (Wildman–Crippen LogP) is 0.804. The second-order valence-corrected chi connectivity index (χ2v) is 3.50. The Morgan fingerprint density at radius 3 is 2.67 bits per heavy atom. The van der Waals surface area contributed by atoms with E-state index in [4.69, 9.17) is 5.11 Å². The molecule has 1 rings (SSSR count). The van der Waals surface area contributed by atoms with Crippen LogP contribution in [0.25, 0.3) is 0 Å². The van der Waals surface area contributed by atoms with Crippen LogP contribution in [0.5, 0.6) is 0 Å². The fourth-order valence-corrected chi connectivity index (χ4v) is 1.60. The molecule has 0 radical (unpaired) electrons. The van der Waals surface area contributed by atoms with Gasteiger partial charge >= 0.3 is 6.09 Å². The predicted molar refractivity (Wildman–Crippen MR) is 44.0 cm³/mol. The molecule has 3 N–H and O–H groups in total. The molecule has 1 saturated carbocycles. The van der Waals surface area contributed by atoms with E-state index in [-0.39, 0.29) is 12.1 Å². The Bertz CT molecular complexity index is 172. The smallest absolute Gasteiger partial charge is 0.404 e. The summed E-state index contributed by atoms with van der Waals surface area (Å²) in [6, 6.07) is -0.0614. The van der Waals surface area contributed by atoms with Crippen LogP contribution in [0.2, 0.25) is 0 Å². The Labute approximate surface area is 71.6 Å². The standard InChI is InChI=1S/C8H15NO3/c1-5-2-3-6(4-7(5)10)9-8(11)12/h5-7,9-10H,2-4H2,1H3,(H,11,12)/t5-,6-,7-/m0/s1. The Hall–Kier alpha value is -0.770. The van der Waals surface area contributed by atoms with Crippen LogP contribution in [0, 0.1) is 5.92 Å². The van der Waals surface area contributed by atoms with E-state index in [0.29, 0.717) is 12.3 Å². The molecule has 4 heteroatoms. The zero-order valence-electron chi connectivity index (χ0n) is 7.16. The minimum absolute atomic E-state index is 0.0614. The Kier molecular flexibility index (Phi) is 2.92. The van der Waals surface area contributed by atoms with Crippen molar-refractivity contribution in [1.82, 2.24) is 5.32 Å². The van der Waals surface area contributed by atoms with Gasteiger partial charge in [-0.25, -0.2) is 4.79 Å². The average Bonchev–Trinajstić information content (AvgIpc) is 1.96. The van der Waals surface area contributed by atoms with Gasteiger partial charge in [-0.15, -0.1) is 0 Å². The lowest BCUT2D eigenvalue weighted by molar-refractivity contribution is 0.0634. The van der Waals surface area contributed by atoms with Crippen LogP contribution in [0.3, 0.4) is 0 Å². The average molecular weight is 173 g/mol. The maximum Gasteiger partial charge on any atom is 0.404 e. The van der Waals surface area contributed by atoms with E-state index in [0.717, 1.165) is 12.8 Å². The summed E-state index contributed by atoms with van der Waals surface area (Å²) in [5.74, 6) is 0.303. The van der Waals surface area contributed by atoms with Crippen LogP contribution in [0.15, 0.2) is 0 Å². The third-order valence-corrected chi connectivity index (χ3v) is 2.48. The van der Waals surface area contributed by atoms with E-state index in [1.54, 1.807) is 0 Å². The number of amides is 1. The second-order valence-electron chi connectivity index (χ2n) is 3.50. The number of hydrogen-bond acceptors (Lipinski definition) is 2. The third kappa shape index (κ3) is 2.37. The Morgan fingerprint density at radius 2 is 2.17 bits per heavy atom. The van der Waals surface area contributed by atoms with Gasteiger partial charge in [-0.1, -0.05) is 6.92 Å². The topological polar surface area (TPSA) is 69.6 Å².